The molecule has 0 saturated carbocycles. The second kappa shape index (κ2) is 8.97. The molecule has 0 saturated heterocycles. The highest BCUT2D eigenvalue weighted by molar-refractivity contribution is 6.31. The van der Waals surface area contributed by atoms with Crippen LogP contribution in [-0.4, -0.2) is 35.7 Å². The van der Waals surface area contributed by atoms with E-state index in [0.29, 0.717) is 7.11 Å². The largest absolute Gasteiger partial charge is 0.466 e. The van der Waals surface area contributed by atoms with E-state index in [9.17, 15) is 32.9 Å². The number of anilines is 1. The van der Waals surface area contributed by atoms with Crippen molar-refractivity contribution in [3.63, 3.8) is 0 Å². The summed E-state index contributed by atoms with van der Waals surface area (Å²) in [5, 5.41) is 12.4. The summed E-state index contributed by atoms with van der Waals surface area (Å²) in [6.07, 6.45) is -5.36. The number of carbonyl (C=O) groups is 2. The maximum Gasteiger partial charge on any atom is 0.438 e. The number of esters is 1. The van der Waals surface area contributed by atoms with Crippen LogP contribution in [0.25, 0.3) is 0 Å². The summed E-state index contributed by atoms with van der Waals surface area (Å²) in [4.78, 5) is 34.5. The fourth-order valence-corrected chi connectivity index (χ4v) is 2.44. The third-order valence-electron chi connectivity index (χ3n) is 3.78. The number of methoxy groups -OCH3 is 1. The number of hydrazine groups is 1. The number of nitro groups is 1. The molecule has 0 radical (unpaired) electrons. The number of hydrogen-bond acceptors (Lipinski definition) is 7. The van der Waals surface area contributed by atoms with Gasteiger partial charge in [-0.2, -0.15) is 18.6 Å². The van der Waals surface area contributed by atoms with E-state index in [1.54, 1.807) is 10.7 Å². The van der Waals surface area contributed by atoms with Gasteiger partial charge in [0.2, 0.25) is 0 Å². The van der Waals surface area contributed by atoms with Crippen LogP contribution in [-0.2, 0) is 9.53 Å². The molecule has 0 fully saturated rings. The molecule has 0 heterocycles. The van der Waals surface area contributed by atoms with Crippen molar-refractivity contribution >= 4 is 34.9 Å². The number of halogens is 4. The standard InChI is InChI=1S/C17H14ClF3N4O5/c1-30-15(27)16(17(19,20)21,22-14(26)10-3-2-4-11(18)9-10)24-23-12-5-7-13(8-6-12)25(28)29/h2-9,23-24H,1H3,(H,22,26). The van der Waals surface area contributed by atoms with Crippen molar-refractivity contribution in [3.05, 3.63) is 69.2 Å². The Hall–Kier alpha value is -3.38. The Morgan fingerprint density at radius 3 is 2.27 bits per heavy atom. The van der Waals surface area contributed by atoms with Crippen molar-refractivity contribution in [1.29, 1.82) is 0 Å². The van der Waals surface area contributed by atoms with Crippen molar-refractivity contribution in [1.82, 2.24) is 10.7 Å². The Labute approximate surface area is 172 Å². The van der Waals surface area contributed by atoms with E-state index in [0.717, 1.165) is 30.3 Å². The molecule has 2 rings (SSSR count). The number of rotatable bonds is 7. The van der Waals surface area contributed by atoms with Crippen LogP contribution in [0.2, 0.25) is 5.02 Å². The van der Waals surface area contributed by atoms with Gasteiger partial charge in [-0.25, -0.2) is 4.79 Å². The van der Waals surface area contributed by atoms with Gasteiger partial charge >= 0.3 is 17.8 Å². The predicted molar refractivity (Wildman–Crippen MR) is 99.6 cm³/mol. The number of benzene rings is 2. The normalized spacial score (nSPS) is 13.1. The molecule has 0 aliphatic heterocycles. The van der Waals surface area contributed by atoms with Crippen LogP contribution in [0.1, 0.15) is 10.4 Å². The number of carbonyl (C=O) groups excluding carboxylic acids is 2. The van der Waals surface area contributed by atoms with E-state index >= 15 is 0 Å². The lowest BCUT2D eigenvalue weighted by Crippen LogP contribution is -2.73. The number of nitrogens with one attached hydrogen (secondary N) is 3. The Balaban J connectivity index is 2.36. The fraction of sp³-hybridized carbons (Fsp3) is 0.176. The summed E-state index contributed by atoms with van der Waals surface area (Å²) in [6.45, 7) is 0. The van der Waals surface area contributed by atoms with Gasteiger partial charge in [-0.1, -0.05) is 17.7 Å². The lowest BCUT2D eigenvalue weighted by molar-refractivity contribution is -0.384. The van der Waals surface area contributed by atoms with Gasteiger partial charge in [0, 0.05) is 28.4 Å². The minimum absolute atomic E-state index is 0.0601. The monoisotopic (exact) mass is 446 g/mol. The molecule has 3 N–H and O–H groups in total. The van der Waals surface area contributed by atoms with E-state index < -0.39 is 28.6 Å². The minimum atomic E-state index is -5.36. The van der Waals surface area contributed by atoms with Gasteiger partial charge in [0.05, 0.1) is 12.0 Å². The van der Waals surface area contributed by atoms with Crippen LogP contribution in [0.3, 0.4) is 0 Å². The number of non-ortho nitro benzene ring substituents is 1. The molecule has 2 aromatic rings. The lowest BCUT2D eigenvalue weighted by Gasteiger charge is -2.34. The molecule has 0 spiro atoms. The molecule has 2 aromatic carbocycles. The number of amides is 1. The van der Waals surface area contributed by atoms with E-state index in [1.807, 2.05) is 0 Å². The van der Waals surface area contributed by atoms with Gasteiger partial charge in [-0.15, -0.1) is 0 Å². The van der Waals surface area contributed by atoms with Crippen LogP contribution in [0.5, 0.6) is 0 Å². The zero-order chi connectivity index (χ0) is 22.5. The summed E-state index contributed by atoms with van der Waals surface area (Å²) in [6, 6.07) is 9.31. The topological polar surface area (TPSA) is 123 Å². The number of nitrogens with zero attached hydrogens (tertiary/aromatic N) is 1. The summed E-state index contributed by atoms with van der Waals surface area (Å²) in [7, 11) is 0.710. The van der Waals surface area contributed by atoms with E-state index in [2.05, 4.69) is 10.2 Å². The molecule has 13 heteroatoms. The number of nitro benzene ring substituents is 1. The average Bonchev–Trinajstić information content (AvgIpc) is 2.69. The second-order valence-electron chi connectivity index (χ2n) is 5.76. The Morgan fingerprint density at radius 2 is 1.77 bits per heavy atom. The molecule has 1 atom stereocenters. The molecule has 1 amide bonds. The predicted octanol–water partition coefficient (Wildman–Crippen LogP) is 3.03. The van der Waals surface area contributed by atoms with Gasteiger partial charge in [0.15, 0.2) is 0 Å². The Bertz CT molecular complexity index is 955. The van der Waals surface area contributed by atoms with E-state index in [-0.39, 0.29) is 22.0 Å². The molecule has 0 bridgehead atoms. The van der Waals surface area contributed by atoms with Gasteiger partial charge in [0.1, 0.15) is 0 Å². The van der Waals surface area contributed by atoms with Gasteiger partial charge in [-0.05, 0) is 30.3 Å². The van der Waals surface area contributed by atoms with Crippen LogP contribution in [0.15, 0.2) is 48.5 Å². The first-order valence-electron chi connectivity index (χ1n) is 8.01. The minimum Gasteiger partial charge on any atom is -0.466 e. The van der Waals surface area contributed by atoms with Gasteiger partial charge < -0.3 is 15.5 Å². The maximum absolute atomic E-state index is 13.9. The third kappa shape index (κ3) is 4.96. The van der Waals surface area contributed by atoms with Crippen LogP contribution >= 0.6 is 11.6 Å². The third-order valence-corrected chi connectivity index (χ3v) is 4.01. The smallest absolute Gasteiger partial charge is 0.438 e. The molecule has 9 nitrogen and oxygen atoms in total. The zero-order valence-electron chi connectivity index (χ0n) is 15.1. The quantitative estimate of drug-likeness (QED) is 0.258. The van der Waals surface area contributed by atoms with Crippen molar-refractivity contribution in [3.8, 4) is 0 Å². The second-order valence-corrected chi connectivity index (χ2v) is 6.19. The highest BCUT2D eigenvalue weighted by Crippen LogP contribution is 2.30. The molecule has 0 aromatic heterocycles. The zero-order valence-corrected chi connectivity index (χ0v) is 15.9. The number of hydrogen-bond donors (Lipinski definition) is 3. The average molecular weight is 447 g/mol. The molecule has 0 aliphatic carbocycles. The van der Waals surface area contributed by atoms with Crippen molar-refractivity contribution in [2.24, 2.45) is 0 Å². The van der Waals surface area contributed by atoms with Gasteiger partial charge in [-0.3, -0.25) is 14.9 Å². The molecule has 1 unspecified atom stereocenters. The first-order chi connectivity index (χ1) is 14.0. The first kappa shape index (κ1) is 22.9. The van der Waals surface area contributed by atoms with Crippen molar-refractivity contribution in [2.45, 2.75) is 11.8 Å². The Kier molecular flexibility index (Phi) is 6.84. The summed E-state index contributed by atoms with van der Waals surface area (Å²) >= 11 is 5.75. The van der Waals surface area contributed by atoms with Crippen molar-refractivity contribution < 1.29 is 32.4 Å². The van der Waals surface area contributed by atoms with Crippen LogP contribution in [0, 0.1) is 10.1 Å². The Morgan fingerprint density at radius 1 is 1.13 bits per heavy atom. The van der Waals surface area contributed by atoms with E-state index in [4.69, 9.17) is 11.6 Å². The van der Waals surface area contributed by atoms with Crippen LogP contribution in [0.4, 0.5) is 24.5 Å². The highest BCUT2D eigenvalue weighted by atomic mass is 35.5. The van der Waals surface area contributed by atoms with E-state index in [1.165, 1.54) is 18.2 Å². The molecular formula is C17H14ClF3N4O5. The fourth-order valence-electron chi connectivity index (χ4n) is 2.25. The molecule has 0 aliphatic rings. The molecule has 30 heavy (non-hydrogen) atoms. The van der Waals surface area contributed by atoms with Gasteiger partial charge in [0.25, 0.3) is 11.6 Å². The first-order valence-corrected chi connectivity index (χ1v) is 8.39. The number of alkyl halides is 3. The lowest BCUT2D eigenvalue weighted by atomic mass is 10.1. The summed E-state index contributed by atoms with van der Waals surface area (Å²) < 4.78 is 46.0. The SMILES string of the molecule is COC(=O)C(NNc1ccc([N+](=O)[O-])cc1)(NC(=O)c1cccc(Cl)c1)C(F)(F)F. The summed E-state index contributed by atoms with van der Waals surface area (Å²) in [5.41, 5.74) is -0.464. The molecule has 160 valence electrons. The van der Waals surface area contributed by atoms with Crippen LogP contribution < -0.4 is 16.2 Å². The number of ether oxygens (including phenoxy) is 1. The maximum atomic E-state index is 13.9. The summed E-state index contributed by atoms with van der Waals surface area (Å²) in [5.74, 6) is -3.13. The molecular weight excluding hydrogens is 433 g/mol. The highest BCUT2D eigenvalue weighted by Gasteiger charge is 2.63. The van der Waals surface area contributed by atoms with Crippen molar-refractivity contribution in [2.75, 3.05) is 12.5 Å².